The maximum Gasteiger partial charge on any atom is 0.239 e. The van der Waals surface area contributed by atoms with Crippen LogP contribution in [0.3, 0.4) is 0 Å². The maximum atomic E-state index is 12.2. The molecule has 0 unspecified atom stereocenters. The van der Waals surface area contributed by atoms with Crippen molar-refractivity contribution < 1.29 is 14.3 Å². The van der Waals surface area contributed by atoms with Gasteiger partial charge in [-0.05, 0) is 37.0 Å². The second-order valence-corrected chi connectivity index (χ2v) is 5.91. The maximum absolute atomic E-state index is 12.2. The first-order valence-electron chi connectivity index (χ1n) is 7.64. The summed E-state index contributed by atoms with van der Waals surface area (Å²) in [5.41, 5.74) is 6.84. The Kier molecular flexibility index (Phi) is 7.18. The van der Waals surface area contributed by atoms with E-state index in [1.807, 2.05) is 23.1 Å². The van der Waals surface area contributed by atoms with Gasteiger partial charge in [0.15, 0.2) is 11.5 Å². The van der Waals surface area contributed by atoms with Crippen LogP contribution in [-0.2, 0) is 11.2 Å². The summed E-state index contributed by atoms with van der Waals surface area (Å²) in [5, 5.41) is 0. The van der Waals surface area contributed by atoms with Gasteiger partial charge in [-0.15, -0.1) is 0 Å². The molecule has 1 aromatic carbocycles. The molecule has 0 aliphatic carbocycles. The Bertz CT molecular complexity index is 487. The Hall–Kier alpha value is -1.75. The highest BCUT2D eigenvalue weighted by molar-refractivity contribution is 5.81. The van der Waals surface area contributed by atoms with Crippen molar-refractivity contribution >= 4 is 5.91 Å². The zero-order chi connectivity index (χ0) is 16.7. The summed E-state index contributed by atoms with van der Waals surface area (Å²) in [5.74, 6) is 1.81. The number of carbonyl (C=O) groups is 1. The third-order valence-corrected chi connectivity index (χ3v) is 3.41. The average Bonchev–Trinajstić information content (AvgIpc) is 2.49. The molecular weight excluding hydrogens is 280 g/mol. The number of ether oxygens (including phenoxy) is 2. The van der Waals surface area contributed by atoms with E-state index >= 15 is 0 Å². The molecule has 0 spiro atoms. The Balaban J connectivity index is 2.77. The van der Waals surface area contributed by atoms with Crippen LogP contribution in [0.2, 0.25) is 0 Å². The predicted octanol–water partition coefficient (Wildman–Crippen LogP) is 2.08. The van der Waals surface area contributed by atoms with Crippen molar-refractivity contribution in [2.24, 2.45) is 11.7 Å². The molecule has 22 heavy (non-hydrogen) atoms. The summed E-state index contributed by atoms with van der Waals surface area (Å²) in [4.78, 5) is 14.0. The lowest BCUT2D eigenvalue weighted by molar-refractivity contribution is -0.132. The van der Waals surface area contributed by atoms with Crippen LogP contribution in [0.5, 0.6) is 11.5 Å². The summed E-state index contributed by atoms with van der Waals surface area (Å²) in [6, 6.07) is 5.35. The first-order chi connectivity index (χ1) is 10.4. The average molecular weight is 308 g/mol. The van der Waals surface area contributed by atoms with Gasteiger partial charge in [0, 0.05) is 13.1 Å². The molecule has 0 fully saturated rings. The molecule has 1 aromatic rings. The minimum absolute atomic E-state index is 0.00539. The van der Waals surface area contributed by atoms with E-state index in [4.69, 9.17) is 15.2 Å². The van der Waals surface area contributed by atoms with Crippen molar-refractivity contribution in [1.29, 1.82) is 0 Å². The lowest BCUT2D eigenvalue weighted by Gasteiger charge is -2.26. The molecule has 0 aliphatic heterocycles. The van der Waals surface area contributed by atoms with Gasteiger partial charge in [-0.2, -0.15) is 0 Å². The van der Waals surface area contributed by atoms with E-state index in [-0.39, 0.29) is 5.91 Å². The van der Waals surface area contributed by atoms with Crippen molar-refractivity contribution in [3.63, 3.8) is 0 Å². The van der Waals surface area contributed by atoms with Crippen LogP contribution in [0.25, 0.3) is 0 Å². The van der Waals surface area contributed by atoms with E-state index in [0.717, 1.165) is 12.0 Å². The molecule has 1 rings (SSSR count). The fourth-order valence-electron chi connectivity index (χ4n) is 2.32. The van der Waals surface area contributed by atoms with Crippen LogP contribution in [0, 0.1) is 5.92 Å². The second-order valence-electron chi connectivity index (χ2n) is 5.91. The molecule has 0 saturated carbocycles. The number of benzene rings is 1. The van der Waals surface area contributed by atoms with Gasteiger partial charge in [0.2, 0.25) is 5.91 Å². The normalized spacial score (nSPS) is 12.1. The predicted molar refractivity (Wildman–Crippen MR) is 88.3 cm³/mol. The Morgan fingerprint density at radius 2 is 1.82 bits per heavy atom. The van der Waals surface area contributed by atoms with E-state index in [1.165, 1.54) is 0 Å². The van der Waals surface area contributed by atoms with Crippen LogP contribution < -0.4 is 15.2 Å². The van der Waals surface area contributed by atoms with Gasteiger partial charge in [0.25, 0.3) is 0 Å². The van der Waals surface area contributed by atoms with E-state index < -0.39 is 6.04 Å². The lowest BCUT2D eigenvalue weighted by Crippen LogP contribution is -2.44. The van der Waals surface area contributed by atoms with Gasteiger partial charge in [0.05, 0.1) is 20.3 Å². The number of hydrogen-bond acceptors (Lipinski definition) is 4. The van der Waals surface area contributed by atoms with Gasteiger partial charge < -0.3 is 20.1 Å². The third-order valence-electron chi connectivity index (χ3n) is 3.41. The highest BCUT2D eigenvalue weighted by atomic mass is 16.5. The minimum atomic E-state index is -0.468. The van der Waals surface area contributed by atoms with Gasteiger partial charge in [0.1, 0.15) is 0 Å². The fraction of sp³-hybridized carbons (Fsp3) is 0.588. The van der Waals surface area contributed by atoms with Gasteiger partial charge in [-0.3, -0.25) is 4.79 Å². The van der Waals surface area contributed by atoms with Crippen LogP contribution >= 0.6 is 0 Å². The van der Waals surface area contributed by atoms with E-state index in [0.29, 0.717) is 30.5 Å². The molecule has 0 saturated heterocycles. The molecule has 0 aromatic heterocycles. The fourth-order valence-corrected chi connectivity index (χ4v) is 2.32. The molecular formula is C17H28N2O3. The SMILES string of the molecule is COc1ccc(CCN(CC(C)C)C(=O)[C@H](C)N)cc1OC. The minimum Gasteiger partial charge on any atom is -0.493 e. The molecule has 124 valence electrons. The first kappa shape index (κ1) is 18.3. The van der Waals surface area contributed by atoms with Gasteiger partial charge in [-0.25, -0.2) is 0 Å². The number of carbonyl (C=O) groups excluding carboxylic acids is 1. The molecule has 1 atom stereocenters. The number of rotatable bonds is 8. The Labute approximate surface area is 133 Å². The second kappa shape index (κ2) is 8.63. The van der Waals surface area contributed by atoms with Gasteiger partial charge in [-0.1, -0.05) is 19.9 Å². The molecule has 0 aliphatic rings. The Morgan fingerprint density at radius 3 is 2.32 bits per heavy atom. The summed E-state index contributed by atoms with van der Waals surface area (Å²) < 4.78 is 10.5. The van der Waals surface area contributed by atoms with E-state index in [9.17, 15) is 4.79 Å². The molecule has 5 nitrogen and oxygen atoms in total. The van der Waals surface area contributed by atoms with Crippen LogP contribution in [-0.4, -0.2) is 44.2 Å². The summed E-state index contributed by atoms with van der Waals surface area (Å²) in [6.07, 6.45) is 0.755. The van der Waals surface area contributed by atoms with Gasteiger partial charge >= 0.3 is 0 Å². The summed E-state index contributed by atoms with van der Waals surface area (Å²) in [6.45, 7) is 7.28. The smallest absolute Gasteiger partial charge is 0.239 e. The third kappa shape index (κ3) is 5.22. The number of amides is 1. The molecule has 0 radical (unpaired) electrons. The van der Waals surface area contributed by atoms with Crippen molar-refractivity contribution in [1.82, 2.24) is 4.90 Å². The molecule has 2 N–H and O–H groups in total. The molecule has 1 amide bonds. The summed E-state index contributed by atoms with van der Waals surface area (Å²) in [7, 11) is 3.23. The van der Waals surface area contributed by atoms with Crippen LogP contribution in [0.15, 0.2) is 18.2 Å². The molecule has 0 heterocycles. The van der Waals surface area contributed by atoms with Crippen LogP contribution in [0.1, 0.15) is 26.3 Å². The highest BCUT2D eigenvalue weighted by Gasteiger charge is 2.18. The molecule has 5 heteroatoms. The van der Waals surface area contributed by atoms with Crippen LogP contribution in [0.4, 0.5) is 0 Å². The standard InChI is InChI=1S/C17H28N2O3/c1-12(2)11-19(17(20)13(3)18)9-8-14-6-7-15(21-4)16(10-14)22-5/h6-7,10,12-13H,8-9,11,18H2,1-5H3/t13-/m0/s1. The topological polar surface area (TPSA) is 64.8 Å². The first-order valence-corrected chi connectivity index (χ1v) is 7.64. The van der Waals surface area contributed by atoms with E-state index in [1.54, 1.807) is 21.1 Å². The lowest BCUT2D eigenvalue weighted by atomic mass is 10.1. The monoisotopic (exact) mass is 308 g/mol. The van der Waals surface area contributed by atoms with Crippen molar-refractivity contribution in [3.8, 4) is 11.5 Å². The number of methoxy groups -OCH3 is 2. The highest BCUT2D eigenvalue weighted by Crippen LogP contribution is 2.27. The largest absolute Gasteiger partial charge is 0.493 e. The number of nitrogens with zero attached hydrogens (tertiary/aromatic N) is 1. The zero-order valence-electron chi connectivity index (χ0n) is 14.3. The molecule has 0 bridgehead atoms. The zero-order valence-corrected chi connectivity index (χ0v) is 14.3. The van der Waals surface area contributed by atoms with Crippen molar-refractivity contribution in [3.05, 3.63) is 23.8 Å². The van der Waals surface area contributed by atoms with Crippen molar-refractivity contribution in [2.45, 2.75) is 33.2 Å². The summed E-state index contributed by atoms with van der Waals surface area (Å²) >= 11 is 0. The number of hydrogen-bond donors (Lipinski definition) is 1. The quantitative estimate of drug-likeness (QED) is 0.798. The van der Waals surface area contributed by atoms with Crippen molar-refractivity contribution in [2.75, 3.05) is 27.3 Å². The number of nitrogens with two attached hydrogens (primary N) is 1. The Morgan fingerprint density at radius 1 is 1.18 bits per heavy atom. The van der Waals surface area contributed by atoms with E-state index in [2.05, 4.69) is 13.8 Å².